The molecule has 0 atom stereocenters. The van der Waals surface area contributed by atoms with Crippen LogP contribution in [0, 0.1) is 0 Å². The number of rotatable bonds is 5. The lowest BCUT2D eigenvalue weighted by Gasteiger charge is -2.10. The van der Waals surface area contributed by atoms with E-state index < -0.39 is 0 Å². The third kappa shape index (κ3) is 4.78. The van der Waals surface area contributed by atoms with Gasteiger partial charge >= 0.3 is 6.03 Å². The van der Waals surface area contributed by atoms with Crippen molar-refractivity contribution in [2.24, 2.45) is 0 Å². The summed E-state index contributed by atoms with van der Waals surface area (Å²) in [6.45, 7) is 2.75. The van der Waals surface area contributed by atoms with Crippen LogP contribution < -0.4 is 10.6 Å². The normalized spacial score (nSPS) is 15.4. The van der Waals surface area contributed by atoms with Gasteiger partial charge in [-0.2, -0.15) is 0 Å². The Labute approximate surface area is 119 Å². The van der Waals surface area contributed by atoms with Crippen LogP contribution in [-0.2, 0) is 0 Å². The Kier molecular flexibility index (Phi) is 5.58. The molecule has 0 saturated heterocycles. The smallest absolute Gasteiger partial charge is 0.319 e. The second kappa shape index (κ2) is 7.43. The van der Waals surface area contributed by atoms with Gasteiger partial charge in [0.1, 0.15) is 0 Å². The topological polar surface area (TPSA) is 41.1 Å². The van der Waals surface area contributed by atoms with Crippen LogP contribution in [-0.4, -0.2) is 17.8 Å². The largest absolute Gasteiger partial charge is 0.338 e. The zero-order valence-corrected chi connectivity index (χ0v) is 12.3. The molecule has 1 aliphatic rings. The van der Waals surface area contributed by atoms with E-state index >= 15 is 0 Å². The van der Waals surface area contributed by atoms with Crippen LogP contribution in [0.25, 0.3) is 0 Å². The number of carbonyl (C=O) groups is 1. The van der Waals surface area contributed by atoms with E-state index in [9.17, 15) is 4.79 Å². The summed E-state index contributed by atoms with van der Waals surface area (Å²) >= 11 is 1.96. The molecule has 2 N–H and O–H groups in total. The molecule has 0 heterocycles. The Hall–Kier alpha value is -1.16. The van der Waals surface area contributed by atoms with E-state index in [1.165, 1.54) is 30.6 Å². The fourth-order valence-corrected chi connectivity index (χ4v) is 3.48. The number of urea groups is 1. The number of hydrogen-bond donors (Lipinski definition) is 2. The monoisotopic (exact) mass is 278 g/mol. The highest BCUT2D eigenvalue weighted by Crippen LogP contribution is 2.34. The summed E-state index contributed by atoms with van der Waals surface area (Å²) in [7, 11) is 0. The highest BCUT2D eigenvalue weighted by Gasteiger charge is 2.15. The van der Waals surface area contributed by atoms with Crippen molar-refractivity contribution in [3.8, 4) is 0 Å². The first-order chi connectivity index (χ1) is 9.28. The first-order valence-corrected chi connectivity index (χ1v) is 7.97. The Morgan fingerprint density at radius 1 is 1.26 bits per heavy atom. The van der Waals surface area contributed by atoms with Crippen molar-refractivity contribution in [3.05, 3.63) is 24.3 Å². The minimum Gasteiger partial charge on any atom is -0.338 e. The molecule has 1 aliphatic carbocycles. The standard InChI is InChI=1S/C15H22N2OS/c1-2-11-16-15(18)17-12-7-9-14(10-8-12)19-13-5-3-4-6-13/h7-10,13H,2-6,11H2,1H3,(H2,16,17,18). The van der Waals surface area contributed by atoms with Crippen molar-refractivity contribution in [2.75, 3.05) is 11.9 Å². The lowest BCUT2D eigenvalue weighted by atomic mass is 10.3. The molecule has 4 heteroatoms. The van der Waals surface area contributed by atoms with E-state index in [-0.39, 0.29) is 6.03 Å². The predicted molar refractivity (Wildman–Crippen MR) is 81.9 cm³/mol. The number of benzene rings is 1. The second-order valence-corrected chi connectivity index (χ2v) is 6.30. The molecule has 1 fully saturated rings. The number of carbonyl (C=O) groups excluding carboxylic acids is 1. The van der Waals surface area contributed by atoms with Crippen molar-refractivity contribution in [3.63, 3.8) is 0 Å². The highest BCUT2D eigenvalue weighted by molar-refractivity contribution is 8.00. The molecule has 0 aromatic heterocycles. The molecule has 3 nitrogen and oxygen atoms in total. The van der Waals surface area contributed by atoms with E-state index in [1.807, 2.05) is 30.8 Å². The van der Waals surface area contributed by atoms with Gasteiger partial charge in [-0.05, 0) is 43.5 Å². The summed E-state index contributed by atoms with van der Waals surface area (Å²) < 4.78 is 0. The molecule has 19 heavy (non-hydrogen) atoms. The van der Waals surface area contributed by atoms with Crippen LogP contribution >= 0.6 is 11.8 Å². The lowest BCUT2D eigenvalue weighted by Crippen LogP contribution is -2.29. The molecular weight excluding hydrogens is 256 g/mol. The maximum atomic E-state index is 11.5. The Morgan fingerprint density at radius 2 is 1.95 bits per heavy atom. The van der Waals surface area contributed by atoms with Gasteiger partial charge in [0.2, 0.25) is 0 Å². The first kappa shape index (κ1) is 14.3. The number of nitrogens with one attached hydrogen (secondary N) is 2. The van der Waals surface area contributed by atoms with Crippen molar-refractivity contribution in [1.82, 2.24) is 5.32 Å². The average Bonchev–Trinajstić information content (AvgIpc) is 2.91. The molecule has 0 unspecified atom stereocenters. The Balaban J connectivity index is 1.82. The molecule has 1 saturated carbocycles. The van der Waals surface area contributed by atoms with Gasteiger partial charge in [-0.3, -0.25) is 0 Å². The van der Waals surface area contributed by atoms with Crippen molar-refractivity contribution in [2.45, 2.75) is 49.2 Å². The lowest BCUT2D eigenvalue weighted by molar-refractivity contribution is 0.252. The van der Waals surface area contributed by atoms with Gasteiger partial charge in [-0.15, -0.1) is 11.8 Å². The van der Waals surface area contributed by atoms with E-state index in [1.54, 1.807) is 0 Å². The third-order valence-electron chi connectivity index (χ3n) is 3.25. The molecule has 1 aromatic rings. The molecule has 0 aliphatic heterocycles. The number of thioether (sulfide) groups is 1. The molecule has 0 spiro atoms. The molecule has 0 radical (unpaired) electrons. The summed E-state index contributed by atoms with van der Waals surface area (Å²) in [6, 6.07) is 8.01. The van der Waals surface area contributed by atoms with Gasteiger partial charge < -0.3 is 10.6 Å². The molecule has 2 rings (SSSR count). The SMILES string of the molecule is CCCNC(=O)Nc1ccc(SC2CCCC2)cc1. The van der Waals surface area contributed by atoms with E-state index in [2.05, 4.69) is 22.8 Å². The fourth-order valence-electron chi connectivity index (χ4n) is 2.23. The fraction of sp³-hybridized carbons (Fsp3) is 0.533. The molecular formula is C15H22N2OS. The maximum absolute atomic E-state index is 11.5. The molecule has 104 valence electrons. The zero-order valence-electron chi connectivity index (χ0n) is 11.4. The summed E-state index contributed by atoms with van der Waals surface area (Å²) in [6.07, 6.45) is 6.36. The third-order valence-corrected chi connectivity index (χ3v) is 4.60. The summed E-state index contributed by atoms with van der Waals surface area (Å²) in [4.78, 5) is 12.8. The summed E-state index contributed by atoms with van der Waals surface area (Å²) in [5.41, 5.74) is 0.851. The van der Waals surface area contributed by atoms with Gasteiger partial charge in [0, 0.05) is 22.4 Å². The van der Waals surface area contributed by atoms with Gasteiger partial charge in [-0.25, -0.2) is 4.79 Å². The van der Waals surface area contributed by atoms with Crippen LogP contribution in [0.3, 0.4) is 0 Å². The van der Waals surface area contributed by atoms with Crippen molar-refractivity contribution in [1.29, 1.82) is 0 Å². The van der Waals surface area contributed by atoms with Crippen molar-refractivity contribution >= 4 is 23.5 Å². The van der Waals surface area contributed by atoms with Gasteiger partial charge in [0.25, 0.3) is 0 Å². The zero-order chi connectivity index (χ0) is 13.5. The molecule has 1 aromatic carbocycles. The van der Waals surface area contributed by atoms with Gasteiger partial charge in [-0.1, -0.05) is 19.8 Å². The highest BCUT2D eigenvalue weighted by atomic mass is 32.2. The second-order valence-electron chi connectivity index (χ2n) is 4.93. The van der Waals surface area contributed by atoms with Gasteiger partial charge in [0.15, 0.2) is 0 Å². The van der Waals surface area contributed by atoms with Crippen molar-refractivity contribution < 1.29 is 4.79 Å². The number of anilines is 1. The van der Waals surface area contributed by atoms with Crippen LogP contribution in [0.15, 0.2) is 29.2 Å². The van der Waals surface area contributed by atoms with Crippen LogP contribution in [0.1, 0.15) is 39.0 Å². The molecule has 0 bridgehead atoms. The van der Waals surface area contributed by atoms with E-state index in [4.69, 9.17) is 0 Å². The van der Waals surface area contributed by atoms with E-state index in [0.717, 1.165) is 17.4 Å². The van der Waals surface area contributed by atoms with Gasteiger partial charge in [0.05, 0.1) is 0 Å². The van der Waals surface area contributed by atoms with Crippen LogP contribution in [0.2, 0.25) is 0 Å². The number of hydrogen-bond acceptors (Lipinski definition) is 2. The summed E-state index contributed by atoms with van der Waals surface area (Å²) in [5, 5.41) is 6.42. The minimum absolute atomic E-state index is 0.127. The van der Waals surface area contributed by atoms with Crippen LogP contribution in [0.5, 0.6) is 0 Å². The summed E-state index contributed by atoms with van der Waals surface area (Å²) in [5.74, 6) is 0. The Morgan fingerprint density at radius 3 is 2.58 bits per heavy atom. The predicted octanol–water partition coefficient (Wildman–Crippen LogP) is 4.25. The minimum atomic E-state index is -0.127. The first-order valence-electron chi connectivity index (χ1n) is 7.09. The molecule has 2 amide bonds. The van der Waals surface area contributed by atoms with Crippen LogP contribution in [0.4, 0.5) is 10.5 Å². The number of amides is 2. The average molecular weight is 278 g/mol. The maximum Gasteiger partial charge on any atom is 0.319 e. The quantitative estimate of drug-likeness (QED) is 0.845. The van der Waals surface area contributed by atoms with E-state index in [0.29, 0.717) is 6.54 Å². The Bertz CT molecular complexity index is 399.